The van der Waals surface area contributed by atoms with Crippen LogP contribution in [0.5, 0.6) is 0 Å². The first-order valence-electron chi connectivity index (χ1n) is 7.66. The van der Waals surface area contributed by atoms with E-state index in [1.54, 1.807) is 0 Å². The van der Waals surface area contributed by atoms with Crippen LogP contribution in [0.1, 0.15) is 31.7 Å². The van der Waals surface area contributed by atoms with Crippen LogP contribution < -0.4 is 10.9 Å². The van der Waals surface area contributed by atoms with E-state index in [0.717, 1.165) is 10.9 Å². The quantitative estimate of drug-likeness (QED) is 0.728. The Balaban J connectivity index is 1.90. The van der Waals surface area contributed by atoms with E-state index in [4.69, 9.17) is 0 Å². The van der Waals surface area contributed by atoms with Crippen molar-refractivity contribution in [3.8, 4) is 0 Å². The zero-order valence-corrected chi connectivity index (χ0v) is 12.8. The first-order chi connectivity index (χ1) is 10.6. The Hall–Kier alpha value is -2.14. The Morgan fingerprint density at radius 3 is 2.91 bits per heavy atom. The van der Waals surface area contributed by atoms with Gasteiger partial charge >= 0.3 is 0 Å². The summed E-state index contributed by atoms with van der Waals surface area (Å²) in [6.07, 6.45) is 1.54. The molecule has 0 saturated carbocycles. The van der Waals surface area contributed by atoms with Crippen molar-refractivity contribution in [2.24, 2.45) is 0 Å². The number of fused-ring (bicyclic) bond motifs is 1. The Kier molecular flexibility index (Phi) is 5.72. The smallest absolute Gasteiger partial charge is 0.251 e. The van der Waals surface area contributed by atoms with Gasteiger partial charge in [-0.1, -0.05) is 25.1 Å². The fraction of sp³-hybridized carbons (Fsp3) is 0.412. The molecule has 1 unspecified atom stereocenters. The van der Waals surface area contributed by atoms with Gasteiger partial charge in [0, 0.05) is 24.0 Å². The molecule has 118 valence electrons. The number of nitrogens with one attached hydrogen (secondary N) is 2. The van der Waals surface area contributed by atoms with Gasteiger partial charge in [-0.3, -0.25) is 9.59 Å². The number of para-hydroxylation sites is 1. The van der Waals surface area contributed by atoms with Crippen molar-refractivity contribution >= 4 is 16.8 Å². The van der Waals surface area contributed by atoms with E-state index < -0.39 is 0 Å². The van der Waals surface area contributed by atoms with Gasteiger partial charge in [-0.2, -0.15) is 0 Å². The average molecular weight is 302 g/mol. The number of H-pyrrole nitrogens is 1. The molecule has 0 saturated heterocycles. The number of hydrogen-bond acceptors (Lipinski definition) is 3. The van der Waals surface area contributed by atoms with Crippen LogP contribution >= 0.6 is 0 Å². The molecule has 0 fully saturated rings. The summed E-state index contributed by atoms with van der Waals surface area (Å²) in [5, 5.41) is 13.1. The molecule has 0 bridgehead atoms. The highest BCUT2D eigenvalue weighted by Crippen LogP contribution is 2.11. The zero-order valence-electron chi connectivity index (χ0n) is 12.8. The summed E-state index contributed by atoms with van der Waals surface area (Å²) in [5.41, 5.74) is 1.27. The largest absolute Gasteiger partial charge is 0.393 e. The molecule has 2 aromatic rings. The van der Waals surface area contributed by atoms with Gasteiger partial charge in [-0.15, -0.1) is 0 Å². The van der Waals surface area contributed by atoms with Crippen LogP contribution in [0.2, 0.25) is 0 Å². The van der Waals surface area contributed by atoms with Crippen LogP contribution in [0.3, 0.4) is 0 Å². The lowest BCUT2D eigenvalue weighted by Gasteiger charge is -2.09. The number of hydrogen-bond donors (Lipinski definition) is 3. The maximum atomic E-state index is 12.0. The summed E-state index contributed by atoms with van der Waals surface area (Å²) in [6.45, 7) is 2.36. The minimum absolute atomic E-state index is 0.101. The molecule has 5 heteroatoms. The Morgan fingerprint density at radius 2 is 2.14 bits per heavy atom. The van der Waals surface area contributed by atoms with Crippen LogP contribution in [0.15, 0.2) is 35.1 Å². The first kappa shape index (κ1) is 16.2. The van der Waals surface area contributed by atoms with E-state index in [2.05, 4.69) is 10.3 Å². The standard InChI is InChI=1S/C17H22N2O3/c1-2-14(20)9-10-18-16(21)8-7-13-11-12-5-3-4-6-15(12)19-17(13)22/h3-6,11,14,20H,2,7-10H2,1H3,(H,18,21)(H,19,22). The van der Waals surface area contributed by atoms with Gasteiger partial charge in [-0.05, 0) is 36.8 Å². The number of carbonyl (C=O) groups is 1. The van der Waals surface area contributed by atoms with Gasteiger partial charge in [0.15, 0.2) is 0 Å². The normalized spacial score (nSPS) is 12.3. The third kappa shape index (κ3) is 4.43. The molecule has 1 aromatic heterocycles. The Bertz CT molecular complexity index is 694. The maximum Gasteiger partial charge on any atom is 0.251 e. The summed E-state index contributed by atoms with van der Waals surface area (Å²) >= 11 is 0. The molecular weight excluding hydrogens is 280 g/mol. The third-order valence-electron chi connectivity index (χ3n) is 3.72. The van der Waals surface area contributed by atoms with Crippen LogP contribution in [0.25, 0.3) is 10.9 Å². The SMILES string of the molecule is CCC(O)CCNC(=O)CCc1cc2ccccc2[nH]c1=O. The van der Waals surface area contributed by atoms with Crippen molar-refractivity contribution in [2.75, 3.05) is 6.54 Å². The second-order valence-electron chi connectivity index (χ2n) is 5.41. The number of rotatable bonds is 7. The van der Waals surface area contributed by atoms with E-state index in [-0.39, 0.29) is 24.0 Å². The molecule has 1 atom stereocenters. The number of pyridine rings is 1. The van der Waals surface area contributed by atoms with Gasteiger partial charge < -0.3 is 15.4 Å². The molecule has 1 aromatic carbocycles. The lowest BCUT2D eigenvalue weighted by atomic mass is 10.1. The summed E-state index contributed by atoms with van der Waals surface area (Å²) < 4.78 is 0. The molecule has 5 nitrogen and oxygen atoms in total. The number of amides is 1. The number of aromatic amines is 1. The third-order valence-corrected chi connectivity index (χ3v) is 3.72. The lowest BCUT2D eigenvalue weighted by Crippen LogP contribution is -2.27. The topological polar surface area (TPSA) is 82.2 Å². The predicted octanol–water partition coefficient (Wildman–Crippen LogP) is 1.74. The monoisotopic (exact) mass is 302 g/mol. The molecule has 1 amide bonds. The number of carbonyl (C=O) groups excluding carboxylic acids is 1. The zero-order chi connectivity index (χ0) is 15.9. The average Bonchev–Trinajstić information content (AvgIpc) is 2.52. The molecule has 0 aliphatic carbocycles. The van der Waals surface area contributed by atoms with E-state index >= 15 is 0 Å². The van der Waals surface area contributed by atoms with E-state index in [9.17, 15) is 14.7 Å². The van der Waals surface area contributed by atoms with Crippen molar-refractivity contribution in [1.82, 2.24) is 10.3 Å². The summed E-state index contributed by atoms with van der Waals surface area (Å²) in [6, 6.07) is 9.40. The second kappa shape index (κ2) is 7.75. The van der Waals surface area contributed by atoms with Crippen molar-refractivity contribution in [2.45, 2.75) is 38.7 Å². The van der Waals surface area contributed by atoms with Crippen LogP contribution in [-0.4, -0.2) is 28.6 Å². The van der Waals surface area contributed by atoms with Gasteiger partial charge in [0.25, 0.3) is 5.56 Å². The number of aromatic nitrogens is 1. The van der Waals surface area contributed by atoms with Crippen LogP contribution in [-0.2, 0) is 11.2 Å². The van der Waals surface area contributed by atoms with Crippen molar-refractivity contribution < 1.29 is 9.90 Å². The van der Waals surface area contributed by atoms with E-state index in [1.807, 2.05) is 37.3 Å². The molecule has 3 N–H and O–H groups in total. The molecular formula is C17H22N2O3. The van der Waals surface area contributed by atoms with E-state index in [0.29, 0.717) is 31.4 Å². The highest BCUT2D eigenvalue weighted by molar-refractivity contribution is 5.79. The highest BCUT2D eigenvalue weighted by atomic mass is 16.3. The van der Waals surface area contributed by atoms with Crippen molar-refractivity contribution in [3.05, 3.63) is 46.2 Å². The minimum Gasteiger partial charge on any atom is -0.393 e. The minimum atomic E-state index is -0.372. The number of benzene rings is 1. The number of aliphatic hydroxyl groups is 1. The second-order valence-corrected chi connectivity index (χ2v) is 5.41. The fourth-order valence-electron chi connectivity index (χ4n) is 2.30. The lowest BCUT2D eigenvalue weighted by molar-refractivity contribution is -0.121. The van der Waals surface area contributed by atoms with Crippen molar-refractivity contribution in [1.29, 1.82) is 0 Å². The molecule has 0 radical (unpaired) electrons. The Labute approximate surface area is 129 Å². The molecule has 0 spiro atoms. The number of aryl methyl sites for hydroxylation is 1. The maximum absolute atomic E-state index is 12.0. The molecule has 0 aliphatic rings. The summed E-state index contributed by atoms with van der Waals surface area (Å²) in [4.78, 5) is 26.6. The molecule has 22 heavy (non-hydrogen) atoms. The van der Waals surface area contributed by atoms with Gasteiger partial charge in [0.2, 0.25) is 5.91 Å². The summed E-state index contributed by atoms with van der Waals surface area (Å²) in [7, 11) is 0. The summed E-state index contributed by atoms with van der Waals surface area (Å²) in [5.74, 6) is -0.101. The van der Waals surface area contributed by atoms with Gasteiger partial charge in [0.05, 0.1) is 6.10 Å². The van der Waals surface area contributed by atoms with E-state index in [1.165, 1.54) is 0 Å². The van der Waals surface area contributed by atoms with Crippen LogP contribution in [0, 0.1) is 0 Å². The molecule has 2 rings (SSSR count). The highest BCUT2D eigenvalue weighted by Gasteiger charge is 2.07. The number of aliphatic hydroxyl groups excluding tert-OH is 1. The van der Waals surface area contributed by atoms with Gasteiger partial charge in [-0.25, -0.2) is 0 Å². The fourth-order valence-corrected chi connectivity index (χ4v) is 2.30. The Morgan fingerprint density at radius 1 is 1.36 bits per heavy atom. The van der Waals surface area contributed by atoms with Gasteiger partial charge in [0.1, 0.15) is 0 Å². The first-order valence-corrected chi connectivity index (χ1v) is 7.66. The molecule has 0 aliphatic heterocycles. The predicted molar refractivity (Wildman–Crippen MR) is 86.8 cm³/mol. The van der Waals surface area contributed by atoms with Crippen molar-refractivity contribution in [3.63, 3.8) is 0 Å². The molecule has 1 heterocycles. The van der Waals surface area contributed by atoms with Crippen LogP contribution in [0.4, 0.5) is 0 Å².